The number of anilines is 1. The number of nitrogens with zero attached hydrogens (tertiary/aromatic N) is 1. The highest BCUT2D eigenvalue weighted by Crippen LogP contribution is 2.15. The molecule has 2 aromatic rings. The fourth-order valence-corrected chi connectivity index (χ4v) is 1.30. The molecule has 0 amide bonds. The molecule has 0 unspecified atom stereocenters. The topological polar surface area (TPSA) is 52.0 Å². The average Bonchev–Trinajstić information content (AvgIpc) is 2.56. The summed E-state index contributed by atoms with van der Waals surface area (Å²) < 4.78 is 5.02. The lowest BCUT2D eigenvalue weighted by molar-refractivity contribution is 0.390. The molecular formula is C11H12N2O. The Morgan fingerprint density at radius 3 is 2.57 bits per heavy atom. The van der Waals surface area contributed by atoms with E-state index >= 15 is 0 Å². The third kappa shape index (κ3) is 1.76. The second kappa shape index (κ2) is 3.54. The van der Waals surface area contributed by atoms with E-state index in [-0.39, 0.29) is 0 Å². The van der Waals surface area contributed by atoms with Gasteiger partial charge in [-0.25, -0.2) is 0 Å². The van der Waals surface area contributed by atoms with Crippen molar-refractivity contribution in [2.24, 2.45) is 0 Å². The maximum Gasteiger partial charge on any atom is 0.163 e. The van der Waals surface area contributed by atoms with Crippen LogP contribution in [0.15, 0.2) is 35.0 Å². The van der Waals surface area contributed by atoms with Gasteiger partial charge in [-0.05, 0) is 12.5 Å². The van der Waals surface area contributed by atoms with Gasteiger partial charge in [0.1, 0.15) is 0 Å². The van der Waals surface area contributed by atoms with Crippen LogP contribution in [0, 0.1) is 6.92 Å². The Bertz CT molecular complexity index is 417. The molecule has 1 aromatic carbocycles. The molecule has 0 aliphatic carbocycles. The first-order chi connectivity index (χ1) is 6.75. The van der Waals surface area contributed by atoms with Crippen LogP contribution in [0.25, 0.3) is 0 Å². The van der Waals surface area contributed by atoms with Crippen molar-refractivity contribution >= 4 is 5.69 Å². The number of hydrogen-bond acceptors (Lipinski definition) is 3. The van der Waals surface area contributed by atoms with Gasteiger partial charge in [0, 0.05) is 6.42 Å². The normalized spacial score (nSPS) is 10.4. The van der Waals surface area contributed by atoms with E-state index in [1.165, 1.54) is 17.3 Å². The summed E-state index contributed by atoms with van der Waals surface area (Å²) in [6.45, 7) is 2.06. The molecule has 0 fully saturated rings. The first kappa shape index (κ1) is 8.81. The van der Waals surface area contributed by atoms with Gasteiger partial charge >= 0.3 is 0 Å². The lowest BCUT2D eigenvalue weighted by Gasteiger charge is -1.99. The van der Waals surface area contributed by atoms with Crippen LogP contribution in [0.4, 0.5) is 5.69 Å². The fraction of sp³-hybridized carbons (Fsp3) is 0.182. The Balaban J connectivity index is 2.19. The zero-order valence-corrected chi connectivity index (χ0v) is 8.03. The zero-order valence-electron chi connectivity index (χ0n) is 8.03. The molecule has 0 bridgehead atoms. The van der Waals surface area contributed by atoms with Crippen molar-refractivity contribution in [3.8, 4) is 0 Å². The monoisotopic (exact) mass is 188 g/mol. The summed E-state index contributed by atoms with van der Waals surface area (Å²) in [6, 6.07) is 8.28. The summed E-state index contributed by atoms with van der Waals surface area (Å²) in [5.41, 5.74) is 8.71. The lowest BCUT2D eigenvalue weighted by Crippen LogP contribution is -1.91. The smallest absolute Gasteiger partial charge is 0.163 e. The number of aromatic nitrogens is 1. The van der Waals surface area contributed by atoms with Crippen LogP contribution in [0.1, 0.15) is 16.9 Å². The number of benzene rings is 1. The predicted octanol–water partition coefficient (Wildman–Crippen LogP) is 2.16. The summed E-state index contributed by atoms with van der Waals surface area (Å²) >= 11 is 0. The molecule has 2 N–H and O–H groups in total. The number of nitrogen functional groups attached to an aromatic ring is 1. The van der Waals surface area contributed by atoms with Gasteiger partial charge in [-0.2, -0.15) is 0 Å². The van der Waals surface area contributed by atoms with Gasteiger partial charge in [-0.1, -0.05) is 35.0 Å². The zero-order chi connectivity index (χ0) is 9.97. The second-order valence-electron chi connectivity index (χ2n) is 3.37. The first-order valence-electron chi connectivity index (χ1n) is 4.50. The maximum atomic E-state index is 5.66. The number of hydrogen-bond donors (Lipinski definition) is 1. The molecule has 3 heteroatoms. The number of nitrogens with two attached hydrogens (primary N) is 1. The quantitative estimate of drug-likeness (QED) is 0.785. The Morgan fingerprint density at radius 2 is 2.00 bits per heavy atom. The molecule has 0 spiro atoms. The molecule has 14 heavy (non-hydrogen) atoms. The number of rotatable bonds is 2. The summed E-state index contributed by atoms with van der Waals surface area (Å²) in [5, 5.41) is 3.64. The highest BCUT2D eigenvalue weighted by atomic mass is 16.5. The van der Waals surface area contributed by atoms with Crippen molar-refractivity contribution in [1.29, 1.82) is 0 Å². The molecule has 3 nitrogen and oxygen atoms in total. The molecule has 0 aliphatic rings. The second-order valence-corrected chi connectivity index (χ2v) is 3.37. The van der Waals surface area contributed by atoms with E-state index in [0.717, 1.165) is 5.76 Å². The van der Waals surface area contributed by atoms with Crippen LogP contribution in [0.3, 0.4) is 0 Å². The van der Waals surface area contributed by atoms with Gasteiger partial charge in [0.2, 0.25) is 0 Å². The van der Waals surface area contributed by atoms with Crippen molar-refractivity contribution in [1.82, 2.24) is 5.16 Å². The third-order valence-electron chi connectivity index (χ3n) is 2.16. The molecule has 2 rings (SSSR count). The minimum atomic E-state index is 0.616. The van der Waals surface area contributed by atoms with Crippen LogP contribution < -0.4 is 5.73 Å². The summed E-state index contributed by atoms with van der Waals surface area (Å²) in [5.74, 6) is 0.730. The maximum absolute atomic E-state index is 5.66. The minimum Gasteiger partial charge on any atom is -0.395 e. The summed E-state index contributed by atoms with van der Waals surface area (Å²) in [6.07, 6.45) is 2.23. The summed E-state index contributed by atoms with van der Waals surface area (Å²) in [7, 11) is 0. The van der Waals surface area contributed by atoms with E-state index in [0.29, 0.717) is 12.1 Å². The molecule has 0 saturated carbocycles. The Labute approximate surface area is 82.5 Å². The molecule has 1 heterocycles. The lowest BCUT2D eigenvalue weighted by atomic mass is 10.1. The van der Waals surface area contributed by atoms with E-state index in [2.05, 4.69) is 36.3 Å². The number of aryl methyl sites for hydroxylation is 1. The summed E-state index contributed by atoms with van der Waals surface area (Å²) in [4.78, 5) is 0. The third-order valence-corrected chi connectivity index (χ3v) is 2.16. The van der Waals surface area contributed by atoms with E-state index < -0.39 is 0 Å². The molecule has 1 aromatic heterocycles. The Kier molecular flexibility index (Phi) is 2.23. The highest BCUT2D eigenvalue weighted by Gasteiger charge is 2.04. The Hall–Kier alpha value is -1.77. The van der Waals surface area contributed by atoms with Gasteiger partial charge in [-0.15, -0.1) is 0 Å². The molecule has 0 atom stereocenters. The van der Waals surface area contributed by atoms with Crippen LogP contribution in [-0.2, 0) is 6.42 Å². The Morgan fingerprint density at radius 1 is 1.29 bits per heavy atom. The SMILES string of the molecule is Cc1ccc(Cc2oncc2N)cc1. The highest BCUT2D eigenvalue weighted by molar-refractivity contribution is 5.41. The minimum absolute atomic E-state index is 0.616. The first-order valence-corrected chi connectivity index (χ1v) is 4.50. The van der Waals surface area contributed by atoms with Crippen LogP contribution in [0.2, 0.25) is 0 Å². The van der Waals surface area contributed by atoms with Crippen LogP contribution in [0.5, 0.6) is 0 Å². The molecule has 0 radical (unpaired) electrons. The van der Waals surface area contributed by atoms with Crippen molar-refractivity contribution in [2.75, 3.05) is 5.73 Å². The largest absolute Gasteiger partial charge is 0.395 e. The molecular weight excluding hydrogens is 176 g/mol. The van der Waals surface area contributed by atoms with Gasteiger partial charge in [0.05, 0.1) is 11.9 Å². The van der Waals surface area contributed by atoms with E-state index in [1.54, 1.807) is 0 Å². The standard InChI is InChI=1S/C11H12N2O/c1-8-2-4-9(5-3-8)6-11-10(12)7-13-14-11/h2-5,7H,6,12H2,1H3. The van der Waals surface area contributed by atoms with Crippen LogP contribution >= 0.6 is 0 Å². The van der Waals surface area contributed by atoms with Crippen LogP contribution in [-0.4, -0.2) is 5.16 Å². The van der Waals surface area contributed by atoms with Crippen molar-refractivity contribution in [3.05, 3.63) is 47.3 Å². The van der Waals surface area contributed by atoms with Gasteiger partial charge in [-0.3, -0.25) is 0 Å². The van der Waals surface area contributed by atoms with E-state index in [9.17, 15) is 0 Å². The van der Waals surface area contributed by atoms with Gasteiger partial charge in [0.25, 0.3) is 0 Å². The fourth-order valence-electron chi connectivity index (χ4n) is 1.30. The predicted molar refractivity (Wildman–Crippen MR) is 54.9 cm³/mol. The van der Waals surface area contributed by atoms with Gasteiger partial charge in [0.15, 0.2) is 5.76 Å². The van der Waals surface area contributed by atoms with E-state index in [1.807, 2.05) is 0 Å². The molecule has 72 valence electrons. The average molecular weight is 188 g/mol. The van der Waals surface area contributed by atoms with Crippen molar-refractivity contribution in [2.45, 2.75) is 13.3 Å². The molecule has 0 saturated heterocycles. The van der Waals surface area contributed by atoms with Gasteiger partial charge < -0.3 is 10.3 Å². The van der Waals surface area contributed by atoms with Crippen molar-refractivity contribution < 1.29 is 4.52 Å². The molecule has 0 aliphatic heterocycles. The van der Waals surface area contributed by atoms with E-state index in [4.69, 9.17) is 10.3 Å². The van der Waals surface area contributed by atoms with Crippen molar-refractivity contribution in [3.63, 3.8) is 0 Å².